The third-order valence-corrected chi connectivity index (χ3v) is 6.16. The summed E-state index contributed by atoms with van der Waals surface area (Å²) in [6.45, 7) is 3.42. The number of rotatable bonds is 11. The number of carbonyl (C=O) groups excluding carboxylic acids is 2. The third-order valence-electron chi connectivity index (χ3n) is 5.02. The van der Waals surface area contributed by atoms with Gasteiger partial charge in [-0.2, -0.15) is 0 Å². The predicted molar refractivity (Wildman–Crippen MR) is 125 cm³/mol. The molecular weight excluding hydrogens is 449 g/mol. The molecule has 10 heteroatoms. The topological polar surface area (TPSA) is 96.0 Å². The number of likely N-dealkylation sites (N-methyl/N-ethyl adjacent to an activating group) is 1. The first kappa shape index (κ1) is 26.1. The Morgan fingerprint density at radius 2 is 1.79 bits per heavy atom. The molecule has 2 amide bonds. The van der Waals surface area contributed by atoms with Crippen LogP contribution < -0.4 is 14.4 Å². The Hall–Kier alpha value is -3.14. The van der Waals surface area contributed by atoms with Gasteiger partial charge in [-0.1, -0.05) is 25.1 Å². The number of hydrogen-bond donors (Lipinski definition) is 1. The van der Waals surface area contributed by atoms with Crippen molar-refractivity contribution in [3.05, 3.63) is 59.9 Å². The molecule has 0 spiro atoms. The van der Waals surface area contributed by atoms with E-state index in [1.54, 1.807) is 32.0 Å². The fourth-order valence-electron chi connectivity index (χ4n) is 3.38. The van der Waals surface area contributed by atoms with Gasteiger partial charge in [-0.3, -0.25) is 13.9 Å². The second-order valence-electron chi connectivity index (χ2n) is 7.44. The summed E-state index contributed by atoms with van der Waals surface area (Å²) in [4.78, 5) is 27.5. The number of hydrogen-bond acceptors (Lipinski definition) is 5. The summed E-state index contributed by atoms with van der Waals surface area (Å²) in [5, 5.41) is 2.72. The summed E-state index contributed by atoms with van der Waals surface area (Å²) < 4.78 is 44.6. The molecule has 0 heterocycles. The Morgan fingerprint density at radius 1 is 1.12 bits per heavy atom. The Bertz CT molecular complexity index is 1060. The SMILES string of the molecule is CCNC(=O)[C@@H](CC)N(Cc1ccc(F)cc1)C(=O)CN(c1cccc(OC)c1)S(C)(=O)=O. The van der Waals surface area contributed by atoms with E-state index in [1.165, 1.54) is 42.3 Å². The molecular formula is C23H30FN3O5S. The highest BCUT2D eigenvalue weighted by atomic mass is 32.2. The van der Waals surface area contributed by atoms with Crippen LogP contribution in [0.5, 0.6) is 5.75 Å². The first-order chi connectivity index (χ1) is 15.6. The van der Waals surface area contributed by atoms with E-state index < -0.39 is 34.3 Å². The van der Waals surface area contributed by atoms with E-state index in [1.807, 2.05) is 0 Å². The molecule has 1 atom stereocenters. The summed E-state index contributed by atoms with van der Waals surface area (Å²) in [5.41, 5.74) is 0.873. The summed E-state index contributed by atoms with van der Waals surface area (Å²) >= 11 is 0. The molecule has 0 fully saturated rings. The minimum absolute atomic E-state index is 0.0183. The van der Waals surface area contributed by atoms with Crippen LogP contribution in [-0.2, 0) is 26.2 Å². The Kier molecular flexibility index (Phi) is 9.22. The molecule has 33 heavy (non-hydrogen) atoms. The molecule has 0 radical (unpaired) electrons. The van der Waals surface area contributed by atoms with E-state index in [0.29, 0.717) is 24.3 Å². The van der Waals surface area contributed by atoms with Crippen LogP contribution in [0, 0.1) is 5.82 Å². The zero-order valence-corrected chi connectivity index (χ0v) is 20.1. The number of carbonyl (C=O) groups is 2. The van der Waals surface area contributed by atoms with E-state index in [9.17, 15) is 22.4 Å². The van der Waals surface area contributed by atoms with Crippen molar-refractivity contribution in [2.45, 2.75) is 32.9 Å². The normalized spacial score (nSPS) is 12.0. The molecule has 0 unspecified atom stereocenters. The average molecular weight is 480 g/mol. The average Bonchev–Trinajstić information content (AvgIpc) is 2.78. The summed E-state index contributed by atoms with van der Waals surface area (Å²) in [6.07, 6.45) is 1.32. The highest BCUT2D eigenvalue weighted by Crippen LogP contribution is 2.24. The molecule has 2 rings (SSSR count). The smallest absolute Gasteiger partial charge is 0.244 e. The van der Waals surface area contributed by atoms with Crippen molar-refractivity contribution in [1.29, 1.82) is 0 Å². The molecule has 1 N–H and O–H groups in total. The van der Waals surface area contributed by atoms with Gasteiger partial charge in [0.05, 0.1) is 19.1 Å². The van der Waals surface area contributed by atoms with Crippen LogP contribution in [-0.4, -0.2) is 57.6 Å². The standard InChI is InChI=1S/C23H30FN3O5S/c1-5-21(23(29)25-6-2)26(15-17-10-12-18(24)13-11-17)22(28)16-27(33(4,30)31)19-8-7-9-20(14-19)32-3/h7-14,21H,5-6,15-16H2,1-4H3,(H,25,29)/t21-/m1/s1. The fourth-order valence-corrected chi connectivity index (χ4v) is 4.22. The van der Waals surface area contributed by atoms with Crippen molar-refractivity contribution in [2.24, 2.45) is 0 Å². The lowest BCUT2D eigenvalue weighted by molar-refractivity contribution is -0.140. The van der Waals surface area contributed by atoms with Gasteiger partial charge in [0, 0.05) is 19.2 Å². The van der Waals surface area contributed by atoms with Gasteiger partial charge in [0.15, 0.2) is 0 Å². The van der Waals surface area contributed by atoms with E-state index in [4.69, 9.17) is 4.74 Å². The minimum atomic E-state index is -3.83. The molecule has 2 aromatic rings. The fraction of sp³-hybridized carbons (Fsp3) is 0.391. The number of amides is 2. The van der Waals surface area contributed by atoms with Gasteiger partial charge in [-0.25, -0.2) is 12.8 Å². The lowest BCUT2D eigenvalue weighted by atomic mass is 10.1. The molecule has 8 nitrogen and oxygen atoms in total. The quantitative estimate of drug-likeness (QED) is 0.534. The Labute approximate surface area is 194 Å². The molecule has 0 saturated heterocycles. The molecule has 0 saturated carbocycles. The van der Waals surface area contributed by atoms with Crippen molar-refractivity contribution in [3.63, 3.8) is 0 Å². The highest BCUT2D eigenvalue weighted by Gasteiger charge is 2.31. The van der Waals surface area contributed by atoms with Crippen LogP contribution in [0.1, 0.15) is 25.8 Å². The van der Waals surface area contributed by atoms with Gasteiger partial charge in [-0.15, -0.1) is 0 Å². The lowest BCUT2D eigenvalue weighted by Gasteiger charge is -2.32. The van der Waals surface area contributed by atoms with Crippen LogP contribution in [0.3, 0.4) is 0 Å². The van der Waals surface area contributed by atoms with E-state index in [2.05, 4.69) is 5.32 Å². The van der Waals surface area contributed by atoms with Gasteiger partial charge < -0.3 is 15.0 Å². The van der Waals surface area contributed by atoms with Gasteiger partial charge in [0.2, 0.25) is 21.8 Å². The molecule has 0 bridgehead atoms. The Morgan fingerprint density at radius 3 is 2.33 bits per heavy atom. The largest absolute Gasteiger partial charge is 0.497 e. The van der Waals surface area contributed by atoms with Crippen LogP contribution >= 0.6 is 0 Å². The van der Waals surface area contributed by atoms with Crippen molar-refractivity contribution >= 4 is 27.5 Å². The number of anilines is 1. The molecule has 0 aliphatic rings. The number of sulfonamides is 1. The molecule has 0 aliphatic carbocycles. The maximum absolute atomic E-state index is 13.4. The number of nitrogens with zero attached hydrogens (tertiary/aromatic N) is 2. The van der Waals surface area contributed by atoms with Gasteiger partial charge in [0.25, 0.3) is 0 Å². The maximum Gasteiger partial charge on any atom is 0.244 e. The number of nitrogens with one attached hydrogen (secondary N) is 1. The van der Waals surface area contributed by atoms with Gasteiger partial charge in [0.1, 0.15) is 24.2 Å². The van der Waals surface area contributed by atoms with Crippen LogP contribution in [0.2, 0.25) is 0 Å². The second kappa shape index (κ2) is 11.6. The lowest BCUT2D eigenvalue weighted by Crippen LogP contribution is -2.52. The summed E-state index contributed by atoms with van der Waals surface area (Å²) in [6, 6.07) is 11.1. The van der Waals surface area contributed by atoms with E-state index >= 15 is 0 Å². The molecule has 180 valence electrons. The second-order valence-corrected chi connectivity index (χ2v) is 9.34. The predicted octanol–water partition coefficient (Wildman–Crippen LogP) is 2.54. The maximum atomic E-state index is 13.4. The van der Waals surface area contributed by atoms with Crippen LogP contribution in [0.25, 0.3) is 0 Å². The van der Waals surface area contributed by atoms with Crippen molar-refractivity contribution in [3.8, 4) is 5.75 Å². The minimum Gasteiger partial charge on any atom is -0.497 e. The van der Waals surface area contributed by atoms with Crippen LogP contribution in [0.4, 0.5) is 10.1 Å². The molecule has 2 aromatic carbocycles. The summed E-state index contributed by atoms with van der Waals surface area (Å²) in [5.74, 6) is -0.896. The number of halogens is 1. The van der Waals surface area contributed by atoms with Crippen molar-refractivity contribution < 1.29 is 27.1 Å². The van der Waals surface area contributed by atoms with Gasteiger partial charge in [-0.05, 0) is 43.2 Å². The third kappa shape index (κ3) is 7.18. The first-order valence-corrected chi connectivity index (χ1v) is 12.4. The number of ether oxygens (including phenoxy) is 1. The molecule has 0 aromatic heterocycles. The number of benzene rings is 2. The van der Waals surface area contributed by atoms with Gasteiger partial charge >= 0.3 is 0 Å². The Balaban J connectivity index is 2.43. The zero-order chi connectivity index (χ0) is 24.6. The van der Waals surface area contributed by atoms with Crippen molar-refractivity contribution in [1.82, 2.24) is 10.2 Å². The molecule has 0 aliphatic heterocycles. The van der Waals surface area contributed by atoms with Crippen molar-refractivity contribution in [2.75, 3.05) is 30.8 Å². The van der Waals surface area contributed by atoms with E-state index in [0.717, 1.165) is 10.6 Å². The highest BCUT2D eigenvalue weighted by molar-refractivity contribution is 7.92. The zero-order valence-electron chi connectivity index (χ0n) is 19.2. The summed E-state index contributed by atoms with van der Waals surface area (Å²) in [7, 11) is -2.38. The number of methoxy groups -OCH3 is 1. The monoisotopic (exact) mass is 479 g/mol. The van der Waals surface area contributed by atoms with E-state index in [-0.39, 0.29) is 18.1 Å². The van der Waals surface area contributed by atoms with Crippen LogP contribution in [0.15, 0.2) is 48.5 Å². The first-order valence-electron chi connectivity index (χ1n) is 10.5.